The first kappa shape index (κ1) is 7.40. The van der Waals surface area contributed by atoms with Gasteiger partial charge in [-0.05, 0) is 25.0 Å². The molecule has 2 N–H and O–H groups in total. The number of rotatable bonds is 1. The molecule has 0 radical (unpaired) electrons. The zero-order valence-corrected chi connectivity index (χ0v) is 7.01. The van der Waals surface area contributed by atoms with Gasteiger partial charge < -0.3 is 9.88 Å². The van der Waals surface area contributed by atoms with Crippen LogP contribution in [0.5, 0.6) is 0 Å². The van der Waals surface area contributed by atoms with Gasteiger partial charge in [-0.2, -0.15) is 0 Å². The van der Waals surface area contributed by atoms with Gasteiger partial charge in [-0.3, -0.25) is 5.41 Å². The lowest BCUT2D eigenvalue weighted by molar-refractivity contribution is 0.516. The van der Waals surface area contributed by atoms with Gasteiger partial charge in [0.1, 0.15) is 5.84 Å². The van der Waals surface area contributed by atoms with E-state index in [-0.39, 0.29) is 0 Å². The van der Waals surface area contributed by atoms with Gasteiger partial charge in [0.25, 0.3) is 0 Å². The highest BCUT2D eigenvalue weighted by Gasteiger charge is 2.16. The van der Waals surface area contributed by atoms with Crippen LogP contribution in [0.25, 0.3) is 0 Å². The van der Waals surface area contributed by atoms with E-state index in [9.17, 15) is 0 Å². The topological polar surface area (TPSA) is 42.9 Å². The lowest BCUT2D eigenvalue weighted by atomic mass is 10.3. The molecular formula is C9H13N3. The first-order chi connectivity index (χ1) is 5.88. The molecule has 2 heterocycles. The Kier molecular flexibility index (Phi) is 1.86. The molecule has 1 aromatic rings. The zero-order valence-electron chi connectivity index (χ0n) is 7.01. The van der Waals surface area contributed by atoms with E-state index in [0.717, 1.165) is 18.8 Å². The highest BCUT2D eigenvalue weighted by molar-refractivity contribution is 5.94. The number of nitrogens with zero attached hydrogens (tertiary/aromatic N) is 1. The average Bonchev–Trinajstić information content (AvgIpc) is 2.77. The molecule has 64 valence electrons. The molecule has 1 aliphatic rings. The number of aromatic amines is 1. The van der Waals surface area contributed by atoms with Crippen molar-refractivity contribution in [1.29, 1.82) is 5.41 Å². The van der Waals surface area contributed by atoms with Gasteiger partial charge in [-0.25, -0.2) is 0 Å². The molecule has 0 aromatic carbocycles. The second kappa shape index (κ2) is 3.01. The van der Waals surface area contributed by atoms with Crippen LogP contribution < -0.4 is 0 Å². The summed E-state index contributed by atoms with van der Waals surface area (Å²) in [7, 11) is 0. The lowest BCUT2D eigenvalue weighted by Crippen LogP contribution is -2.27. The molecule has 1 aliphatic heterocycles. The predicted molar refractivity (Wildman–Crippen MR) is 48.4 cm³/mol. The summed E-state index contributed by atoms with van der Waals surface area (Å²) in [4.78, 5) is 5.16. The van der Waals surface area contributed by atoms with Crippen molar-refractivity contribution in [3.05, 3.63) is 24.0 Å². The summed E-state index contributed by atoms with van der Waals surface area (Å²) < 4.78 is 0. The van der Waals surface area contributed by atoms with Crippen molar-refractivity contribution in [2.45, 2.75) is 12.8 Å². The summed E-state index contributed by atoms with van der Waals surface area (Å²) in [5.74, 6) is 0.637. The standard InChI is InChI=1S/C9H13N3/c10-9(8-4-3-5-11-8)12-6-1-2-7-12/h3-5,10-11H,1-2,6-7H2. The number of aromatic nitrogens is 1. The van der Waals surface area contributed by atoms with Crippen LogP contribution in [0.1, 0.15) is 18.5 Å². The van der Waals surface area contributed by atoms with Gasteiger partial charge in [-0.1, -0.05) is 0 Å². The van der Waals surface area contributed by atoms with Crippen LogP contribution in [-0.4, -0.2) is 28.8 Å². The predicted octanol–water partition coefficient (Wildman–Crippen LogP) is 1.44. The summed E-state index contributed by atoms with van der Waals surface area (Å²) in [6.07, 6.45) is 4.31. The Hall–Kier alpha value is -1.25. The average molecular weight is 163 g/mol. The molecule has 1 aromatic heterocycles. The quantitative estimate of drug-likeness (QED) is 0.477. The third-order valence-corrected chi connectivity index (χ3v) is 2.28. The van der Waals surface area contributed by atoms with Gasteiger partial charge in [0.15, 0.2) is 0 Å². The molecule has 0 unspecified atom stereocenters. The summed E-state index contributed by atoms with van der Waals surface area (Å²) in [5, 5.41) is 7.84. The summed E-state index contributed by atoms with van der Waals surface area (Å²) in [6.45, 7) is 2.08. The molecule has 2 rings (SSSR count). The third kappa shape index (κ3) is 1.22. The Morgan fingerprint density at radius 3 is 2.75 bits per heavy atom. The first-order valence-electron chi connectivity index (χ1n) is 4.35. The maximum absolute atomic E-state index is 7.84. The number of H-pyrrole nitrogens is 1. The molecule has 1 fully saturated rings. The van der Waals surface area contributed by atoms with Gasteiger partial charge in [-0.15, -0.1) is 0 Å². The Morgan fingerprint density at radius 2 is 2.17 bits per heavy atom. The van der Waals surface area contributed by atoms with E-state index in [1.54, 1.807) is 0 Å². The van der Waals surface area contributed by atoms with Gasteiger partial charge >= 0.3 is 0 Å². The van der Waals surface area contributed by atoms with Crippen LogP contribution in [-0.2, 0) is 0 Å². The van der Waals surface area contributed by atoms with Crippen LogP contribution >= 0.6 is 0 Å². The molecule has 0 amide bonds. The minimum atomic E-state index is 0.637. The second-order valence-electron chi connectivity index (χ2n) is 3.13. The summed E-state index contributed by atoms with van der Waals surface area (Å²) in [5.41, 5.74) is 0.928. The van der Waals surface area contributed by atoms with Crippen molar-refractivity contribution in [3.8, 4) is 0 Å². The normalized spacial score (nSPS) is 16.8. The van der Waals surface area contributed by atoms with E-state index in [1.807, 2.05) is 18.3 Å². The zero-order chi connectivity index (χ0) is 8.39. The summed E-state index contributed by atoms with van der Waals surface area (Å²) in [6, 6.07) is 3.88. The van der Waals surface area contributed by atoms with Crippen molar-refractivity contribution < 1.29 is 0 Å². The van der Waals surface area contributed by atoms with E-state index in [4.69, 9.17) is 5.41 Å². The fourth-order valence-corrected chi connectivity index (χ4v) is 1.59. The Morgan fingerprint density at radius 1 is 1.42 bits per heavy atom. The van der Waals surface area contributed by atoms with E-state index in [1.165, 1.54) is 12.8 Å². The van der Waals surface area contributed by atoms with Crippen LogP contribution in [0.15, 0.2) is 18.3 Å². The molecule has 1 saturated heterocycles. The van der Waals surface area contributed by atoms with Crippen LogP contribution in [0.3, 0.4) is 0 Å². The fraction of sp³-hybridized carbons (Fsp3) is 0.444. The number of hydrogen-bond donors (Lipinski definition) is 2. The molecule has 3 heteroatoms. The maximum Gasteiger partial charge on any atom is 0.144 e. The number of amidine groups is 1. The molecule has 0 atom stereocenters. The molecule has 0 aliphatic carbocycles. The molecule has 3 nitrogen and oxygen atoms in total. The largest absolute Gasteiger partial charge is 0.359 e. The van der Waals surface area contributed by atoms with Gasteiger partial charge in [0, 0.05) is 19.3 Å². The van der Waals surface area contributed by atoms with E-state index in [2.05, 4.69) is 9.88 Å². The van der Waals surface area contributed by atoms with Crippen molar-refractivity contribution in [3.63, 3.8) is 0 Å². The summed E-state index contributed by atoms with van der Waals surface area (Å²) >= 11 is 0. The lowest BCUT2D eigenvalue weighted by Gasteiger charge is -2.16. The van der Waals surface area contributed by atoms with Crippen molar-refractivity contribution in [2.75, 3.05) is 13.1 Å². The molecule has 0 saturated carbocycles. The van der Waals surface area contributed by atoms with Crippen molar-refractivity contribution >= 4 is 5.84 Å². The minimum absolute atomic E-state index is 0.637. The molecule has 0 spiro atoms. The van der Waals surface area contributed by atoms with Crippen molar-refractivity contribution in [1.82, 2.24) is 9.88 Å². The minimum Gasteiger partial charge on any atom is -0.359 e. The maximum atomic E-state index is 7.84. The Labute approximate surface area is 71.9 Å². The second-order valence-corrected chi connectivity index (χ2v) is 3.13. The Bertz CT molecular complexity index is 257. The van der Waals surface area contributed by atoms with Gasteiger partial charge in [0.05, 0.1) is 5.69 Å². The SMILES string of the molecule is N=C(c1ccc[nH]1)N1CCCC1. The fourth-order valence-electron chi connectivity index (χ4n) is 1.59. The molecule has 12 heavy (non-hydrogen) atoms. The van der Waals surface area contributed by atoms with E-state index >= 15 is 0 Å². The molecule has 0 bridgehead atoms. The first-order valence-corrected chi connectivity index (χ1v) is 4.35. The number of nitrogens with one attached hydrogen (secondary N) is 2. The van der Waals surface area contributed by atoms with Crippen LogP contribution in [0, 0.1) is 5.41 Å². The molecular weight excluding hydrogens is 150 g/mol. The number of hydrogen-bond acceptors (Lipinski definition) is 1. The van der Waals surface area contributed by atoms with Crippen LogP contribution in [0.2, 0.25) is 0 Å². The smallest absolute Gasteiger partial charge is 0.144 e. The van der Waals surface area contributed by atoms with Crippen molar-refractivity contribution in [2.24, 2.45) is 0 Å². The highest BCUT2D eigenvalue weighted by Crippen LogP contribution is 2.10. The van der Waals surface area contributed by atoms with E-state index < -0.39 is 0 Å². The highest BCUT2D eigenvalue weighted by atomic mass is 15.2. The Balaban J connectivity index is 2.09. The third-order valence-electron chi connectivity index (χ3n) is 2.28. The van der Waals surface area contributed by atoms with E-state index in [0.29, 0.717) is 5.84 Å². The monoisotopic (exact) mass is 163 g/mol. The van der Waals surface area contributed by atoms with Crippen LogP contribution in [0.4, 0.5) is 0 Å². The number of likely N-dealkylation sites (tertiary alicyclic amines) is 1. The van der Waals surface area contributed by atoms with Gasteiger partial charge in [0.2, 0.25) is 0 Å².